The number of anilines is 1. The molecule has 9 nitrogen and oxygen atoms in total. The minimum absolute atomic E-state index is 0. The van der Waals surface area contributed by atoms with Crippen LogP contribution in [0.5, 0.6) is 0 Å². The summed E-state index contributed by atoms with van der Waals surface area (Å²) >= 11 is 0. The Hall–Kier alpha value is 0.750. The maximum absolute atomic E-state index is 11.4. The number of nitrogens with zero attached hydrogens (tertiary/aromatic N) is 2. The molecule has 96 valence electrons. The van der Waals surface area contributed by atoms with Crippen LogP contribution >= 0.6 is 7.60 Å². The van der Waals surface area contributed by atoms with Crippen molar-refractivity contribution in [3.8, 4) is 0 Å². The van der Waals surface area contributed by atoms with Gasteiger partial charge in [-0.15, -0.1) is 0 Å². The van der Waals surface area contributed by atoms with Gasteiger partial charge in [0.2, 0.25) is 6.41 Å². The Morgan fingerprint density at radius 3 is 2.53 bits per heavy atom. The standard InChI is InChI=1S/C7H12N3O6P.2Na/c1-15-7(16-4-17(12,13)14)10-3-2-5(8)9-6(10)11;;/h2-3,7H,4H2,1H3,(H2,8,9,11)(H2,12,13,14);;/q;2*+1. The molecule has 1 rings (SSSR count). The predicted molar refractivity (Wildman–Crippen MR) is 57.0 cm³/mol. The summed E-state index contributed by atoms with van der Waals surface area (Å²) in [6, 6.07) is 1.33. The Labute approximate surface area is 153 Å². The molecule has 19 heavy (non-hydrogen) atoms. The van der Waals surface area contributed by atoms with E-state index in [1.807, 2.05) is 0 Å². The van der Waals surface area contributed by atoms with E-state index in [0.29, 0.717) is 0 Å². The summed E-state index contributed by atoms with van der Waals surface area (Å²) in [7, 11) is -3.13. The molecule has 0 bridgehead atoms. The van der Waals surface area contributed by atoms with Gasteiger partial charge < -0.3 is 25.0 Å². The number of hydrogen-bond acceptors (Lipinski definition) is 6. The second-order valence-corrected chi connectivity index (χ2v) is 4.63. The van der Waals surface area contributed by atoms with Gasteiger partial charge in [-0.3, -0.25) is 4.57 Å². The van der Waals surface area contributed by atoms with E-state index in [2.05, 4.69) is 4.98 Å². The van der Waals surface area contributed by atoms with Gasteiger partial charge in [0, 0.05) is 13.3 Å². The van der Waals surface area contributed by atoms with Gasteiger partial charge in [-0.2, -0.15) is 4.98 Å². The fraction of sp³-hybridized carbons (Fsp3) is 0.429. The van der Waals surface area contributed by atoms with Gasteiger partial charge in [0.05, 0.1) is 0 Å². The van der Waals surface area contributed by atoms with Crippen molar-refractivity contribution >= 4 is 13.4 Å². The molecule has 4 N–H and O–H groups in total. The SMILES string of the molecule is COC(OCP(=O)(O)O)n1ccc(N)nc1=O.[Na+].[Na+]. The molecular weight excluding hydrogens is 299 g/mol. The number of nitrogens with two attached hydrogens (primary N) is 1. The van der Waals surface area contributed by atoms with Crippen LogP contribution in [0.4, 0.5) is 5.82 Å². The van der Waals surface area contributed by atoms with Crippen molar-refractivity contribution in [1.82, 2.24) is 9.55 Å². The van der Waals surface area contributed by atoms with Gasteiger partial charge in [-0.05, 0) is 6.07 Å². The number of methoxy groups -OCH3 is 1. The predicted octanol–water partition coefficient (Wildman–Crippen LogP) is -6.91. The first-order valence-electron chi connectivity index (χ1n) is 4.37. The Kier molecular flexibility index (Phi) is 11.2. The maximum atomic E-state index is 11.4. The zero-order chi connectivity index (χ0) is 13.1. The molecule has 1 heterocycles. The van der Waals surface area contributed by atoms with Crippen LogP contribution in [0, 0.1) is 0 Å². The van der Waals surface area contributed by atoms with Crippen LogP contribution < -0.4 is 70.5 Å². The molecule has 0 aliphatic heterocycles. The molecule has 0 saturated heterocycles. The molecule has 0 aliphatic rings. The molecule has 1 atom stereocenters. The Bertz CT molecular complexity index is 492. The topological polar surface area (TPSA) is 137 Å². The van der Waals surface area contributed by atoms with Crippen molar-refractivity contribution in [3.05, 3.63) is 22.7 Å². The van der Waals surface area contributed by atoms with Gasteiger partial charge in [0.25, 0.3) is 0 Å². The zero-order valence-corrected chi connectivity index (χ0v) is 15.8. The van der Waals surface area contributed by atoms with Gasteiger partial charge in [-0.1, -0.05) is 0 Å². The minimum atomic E-state index is -4.34. The summed E-state index contributed by atoms with van der Waals surface area (Å²) in [6.45, 7) is 0. The summed E-state index contributed by atoms with van der Waals surface area (Å²) in [5, 5.41) is 0. The van der Waals surface area contributed by atoms with E-state index in [9.17, 15) is 9.36 Å². The second kappa shape index (κ2) is 9.64. The largest absolute Gasteiger partial charge is 1.00 e. The van der Waals surface area contributed by atoms with Crippen molar-refractivity contribution in [2.45, 2.75) is 6.41 Å². The Balaban J connectivity index is 0. The molecule has 0 amide bonds. The summed E-state index contributed by atoms with van der Waals surface area (Å²) in [5.74, 6) is 0.0242. The first-order chi connectivity index (χ1) is 7.83. The summed E-state index contributed by atoms with van der Waals surface area (Å²) in [5.41, 5.74) is 4.53. The summed E-state index contributed by atoms with van der Waals surface area (Å²) in [4.78, 5) is 32.1. The number of hydrogen-bond donors (Lipinski definition) is 3. The van der Waals surface area contributed by atoms with E-state index in [1.165, 1.54) is 19.4 Å². The van der Waals surface area contributed by atoms with Crippen LogP contribution in [0.2, 0.25) is 0 Å². The number of ether oxygens (including phenoxy) is 2. The molecule has 0 fully saturated rings. The molecule has 0 aliphatic carbocycles. The first kappa shape index (κ1) is 22.0. The van der Waals surface area contributed by atoms with Crippen molar-refractivity contribution < 1.29 is 82.9 Å². The van der Waals surface area contributed by atoms with Crippen LogP contribution in [-0.4, -0.2) is 32.8 Å². The van der Waals surface area contributed by atoms with E-state index in [4.69, 9.17) is 25.0 Å². The van der Waals surface area contributed by atoms with Crippen molar-refractivity contribution in [2.24, 2.45) is 0 Å². The van der Waals surface area contributed by atoms with Crippen LogP contribution in [0.1, 0.15) is 6.41 Å². The van der Waals surface area contributed by atoms with Crippen LogP contribution in [0.3, 0.4) is 0 Å². The molecule has 1 aromatic heterocycles. The third-order valence-corrected chi connectivity index (χ3v) is 2.15. The Morgan fingerprint density at radius 1 is 1.53 bits per heavy atom. The quantitative estimate of drug-likeness (QED) is 0.277. The van der Waals surface area contributed by atoms with Gasteiger partial charge in [0.1, 0.15) is 5.82 Å². The van der Waals surface area contributed by atoms with E-state index in [-0.39, 0.29) is 64.9 Å². The molecule has 1 aromatic rings. The van der Waals surface area contributed by atoms with Crippen LogP contribution in [0.25, 0.3) is 0 Å². The fourth-order valence-electron chi connectivity index (χ4n) is 1.01. The van der Waals surface area contributed by atoms with Crippen molar-refractivity contribution in [3.63, 3.8) is 0 Å². The van der Waals surface area contributed by atoms with E-state index in [0.717, 1.165) is 4.57 Å². The molecule has 1 unspecified atom stereocenters. The van der Waals surface area contributed by atoms with Gasteiger partial charge >= 0.3 is 72.4 Å². The monoisotopic (exact) mass is 311 g/mol. The minimum Gasteiger partial charge on any atom is -0.383 e. The smallest absolute Gasteiger partial charge is 0.383 e. The number of nitrogen functional groups attached to an aromatic ring is 1. The summed E-state index contributed by atoms with van der Waals surface area (Å²) < 4.78 is 21.0. The normalized spacial score (nSPS) is 12.2. The van der Waals surface area contributed by atoms with Gasteiger partial charge in [0.15, 0.2) is 6.35 Å². The van der Waals surface area contributed by atoms with Crippen molar-refractivity contribution in [2.75, 3.05) is 19.2 Å². The fourth-order valence-corrected chi connectivity index (χ4v) is 1.33. The van der Waals surface area contributed by atoms with E-state index >= 15 is 0 Å². The molecule has 0 aromatic carbocycles. The van der Waals surface area contributed by atoms with Crippen LogP contribution in [0.15, 0.2) is 17.1 Å². The van der Waals surface area contributed by atoms with E-state index in [1.54, 1.807) is 0 Å². The average molecular weight is 311 g/mol. The second-order valence-electron chi connectivity index (χ2n) is 3.05. The molecule has 0 saturated carbocycles. The third-order valence-electron chi connectivity index (χ3n) is 1.67. The number of rotatable bonds is 5. The molecular formula is C7H12N3Na2O6P+2. The summed E-state index contributed by atoms with van der Waals surface area (Å²) in [6.07, 6.45) is -0.899. The van der Waals surface area contributed by atoms with Gasteiger partial charge in [-0.25, -0.2) is 9.36 Å². The molecule has 0 radical (unpaired) electrons. The first-order valence-corrected chi connectivity index (χ1v) is 6.17. The average Bonchev–Trinajstić information content (AvgIpc) is 2.19. The molecule has 0 spiro atoms. The maximum Gasteiger partial charge on any atom is 1.00 e. The molecule has 12 heteroatoms. The Morgan fingerprint density at radius 2 is 2.11 bits per heavy atom. The van der Waals surface area contributed by atoms with Crippen LogP contribution in [-0.2, 0) is 14.0 Å². The van der Waals surface area contributed by atoms with Crippen molar-refractivity contribution in [1.29, 1.82) is 0 Å². The van der Waals surface area contributed by atoms with E-state index < -0.39 is 26.0 Å². The third kappa shape index (κ3) is 7.93. The number of aromatic nitrogens is 2. The zero-order valence-electron chi connectivity index (χ0n) is 10.9.